The number of pyridine rings is 1. The van der Waals surface area contributed by atoms with Crippen molar-refractivity contribution in [2.45, 2.75) is 26.3 Å². The summed E-state index contributed by atoms with van der Waals surface area (Å²) in [6.07, 6.45) is 2.01. The first-order valence-electron chi connectivity index (χ1n) is 11.5. The van der Waals surface area contributed by atoms with Crippen LogP contribution in [0.5, 0.6) is 0 Å². The molecule has 0 saturated carbocycles. The second kappa shape index (κ2) is 12.3. The lowest BCUT2D eigenvalue weighted by Crippen LogP contribution is -2.43. The van der Waals surface area contributed by atoms with Crippen LogP contribution in [-0.4, -0.2) is 91.4 Å². The lowest BCUT2D eigenvalue weighted by Gasteiger charge is -2.29. The Morgan fingerprint density at radius 2 is 1.97 bits per heavy atom. The molecule has 0 aliphatic carbocycles. The summed E-state index contributed by atoms with van der Waals surface area (Å²) in [4.78, 5) is 22.5. The maximum absolute atomic E-state index is 12.8. The van der Waals surface area contributed by atoms with Crippen molar-refractivity contribution in [1.29, 1.82) is 0 Å². The second-order valence-electron chi connectivity index (χ2n) is 8.83. The fourth-order valence-electron chi connectivity index (χ4n) is 3.96. The summed E-state index contributed by atoms with van der Waals surface area (Å²) >= 11 is 5.74. The molecule has 0 bridgehead atoms. The number of ether oxygens (including phenoxy) is 1. The maximum atomic E-state index is 12.8. The van der Waals surface area contributed by atoms with Gasteiger partial charge in [-0.3, -0.25) is 9.69 Å². The highest BCUT2D eigenvalue weighted by atomic mass is 32.1. The van der Waals surface area contributed by atoms with E-state index in [1.54, 1.807) is 0 Å². The molecular weight excluding hydrogens is 422 g/mol. The Morgan fingerprint density at radius 1 is 1.19 bits per heavy atom. The first-order chi connectivity index (χ1) is 15.4. The molecule has 1 saturated heterocycles. The highest BCUT2D eigenvalue weighted by Crippen LogP contribution is 2.14. The van der Waals surface area contributed by atoms with Gasteiger partial charge in [0.2, 0.25) is 0 Å². The Labute approximate surface area is 196 Å². The molecule has 1 aliphatic heterocycles. The summed E-state index contributed by atoms with van der Waals surface area (Å²) < 4.78 is 5.45. The zero-order chi connectivity index (χ0) is 22.9. The first kappa shape index (κ1) is 24.6. The van der Waals surface area contributed by atoms with Gasteiger partial charge in [-0.05, 0) is 76.2 Å². The molecule has 0 radical (unpaired) electrons. The van der Waals surface area contributed by atoms with E-state index in [2.05, 4.69) is 52.1 Å². The third kappa shape index (κ3) is 7.55. The lowest BCUT2D eigenvalue weighted by atomic mass is 10.1. The van der Waals surface area contributed by atoms with Gasteiger partial charge in [0.25, 0.3) is 5.56 Å². The van der Waals surface area contributed by atoms with E-state index in [1.807, 2.05) is 18.2 Å². The normalized spacial score (nSPS) is 14.8. The molecule has 0 amide bonds. The van der Waals surface area contributed by atoms with E-state index >= 15 is 0 Å². The van der Waals surface area contributed by atoms with Crippen LogP contribution in [0.15, 0.2) is 29.1 Å². The van der Waals surface area contributed by atoms with Gasteiger partial charge in [-0.25, -0.2) is 0 Å². The number of nitrogens with zero attached hydrogens (tertiary/aromatic N) is 3. The number of nitrogens with one attached hydrogen (secondary N) is 2. The number of aryl methyl sites for hydroxylation is 1. The van der Waals surface area contributed by atoms with Crippen LogP contribution < -0.4 is 10.9 Å². The van der Waals surface area contributed by atoms with Crippen molar-refractivity contribution in [3.63, 3.8) is 0 Å². The Kier molecular flexibility index (Phi) is 9.47. The number of morpholine rings is 1. The monoisotopic (exact) mass is 459 g/mol. The molecule has 2 N–H and O–H groups in total. The Morgan fingerprint density at radius 3 is 2.72 bits per heavy atom. The highest BCUT2D eigenvalue weighted by molar-refractivity contribution is 7.80. The van der Waals surface area contributed by atoms with Crippen molar-refractivity contribution >= 4 is 28.2 Å². The van der Waals surface area contributed by atoms with Crippen LogP contribution in [0.2, 0.25) is 0 Å². The number of aromatic amines is 1. The molecule has 32 heavy (non-hydrogen) atoms. The van der Waals surface area contributed by atoms with E-state index in [4.69, 9.17) is 17.0 Å². The number of benzene rings is 1. The molecule has 1 aromatic heterocycles. The zero-order valence-electron chi connectivity index (χ0n) is 19.7. The molecule has 2 heterocycles. The number of aromatic nitrogens is 1. The number of fused-ring (bicyclic) bond motifs is 1. The molecule has 1 aromatic carbocycles. The quantitative estimate of drug-likeness (QED) is 0.417. The van der Waals surface area contributed by atoms with Gasteiger partial charge >= 0.3 is 0 Å². The topological polar surface area (TPSA) is 63.8 Å². The molecule has 2 aromatic rings. The summed E-state index contributed by atoms with van der Waals surface area (Å²) in [5, 5.41) is 5.17. The number of H-pyrrole nitrogens is 1. The van der Waals surface area contributed by atoms with Gasteiger partial charge < -0.3 is 24.8 Å². The average Bonchev–Trinajstić information content (AvgIpc) is 2.77. The van der Waals surface area contributed by atoms with E-state index in [-0.39, 0.29) is 5.56 Å². The maximum Gasteiger partial charge on any atom is 0.253 e. The Balaban J connectivity index is 1.67. The minimum absolute atomic E-state index is 0.0464. The van der Waals surface area contributed by atoms with Gasteiger partial charge in [-0.2, -0.15) is 0 Å². The van der Waals surface area contributed by atoms with Crippen LogP contribution in [0.25, 0.3) is 10.9 Å². The largest absolute Gasteiger partial charge is 0.379 e. The molecule has 3 rings (SSSR count). The van der Waals surface area contributed by atoms with Crippen LogP contribution in [0.1, 0.15) is 24.0 Å². The van der Waals surface area contributed by atoms with Crippen LogP contribution in [0.4, 0.5) is 0 Å². The first-order valence-corrected chi connectivity index (χ1v) is 11.9. The van der Waals surface area contributed by atoms with E-state index in [0.717, 1.165) is 86.9 Å². The van der Waals surface area contributed by atoms with Crippen molar-refractivity contribution in [3.8, 4) is 0 Å². The number of hydrogen-bond donors (Lipinski definition) is 2. The summed E-state index contributed by atoms with van der Waals surface area (Å²) in [6.45, 7) is 9.80. The van der Waals surface area contributed by atoms with Crippen molar-refractivity contribution in [3.05, 3.63) is 45.7 Å². The third-order valence-corrected chi connectivity index (χ3v) is 6.19. The smallest absolute Gasteiger partial charge is 0.253 e. The zero-order valence-corrected chi connectivity index (χ0v) is 20.5. The lowest BCUT2D eigenvalue weighted by molar-refractivity contribution is 0.0367. The van der Waals surface area contributed by atoms with Crippen molar-refractivity contribution < 1.29 is 4.74 Å². The van der Waals surface area contributed by atoms with Gasteiger partial charge in [0, 0.05) is 43.8 Å². The van der Waals surface area contributed by atoms with E-state index < -0.39 is 0 Å². The minimum atomic E-state index is -0.0464. The van der Waals surface area contributed by atoms with Crippen LogP contribution >= 0.6 is 12.2 Å². The highest BCUT2D eigenvalue weighted by Gasteiger charge is 2.15. The third-order valence-electron chi connectivity index (χ3n) is 5.79. The predicted molar refractivity (Wildman–Crippen MR) is 135 cm³/mol. The molecular formula is C24H37N5O2S. The number of rotatable bonds is 10. The minimum Gasteiger partial charge on any atom is -0.379 e. The summed E-state index contributed by atoms with van der Waals surface area (Å²) in [5.41, 5.74) is 2.74. The standard InChI is InChI=1S/C24H37N5O2S/c1-19-6-7-22-20(16-19)17-21(23(30)26-22)18-29(24(32)25-8-4-9-27(2)3)11-5-10-28-12-14-31-15-13-28/h6-7,16-17H,4-5,8-15,18H2,1-3H3,(H,25,32)(H,26,30). The van der Waals surface area contributed by atoms with Gasteiger partial charge in [0.05, 0.1) is 19.8 Å². The van der Waals surface area contributed by atoms with E-state index in [0.29, 0.717) is 6.54 Å². The average molecular weight is 460 g/mol. The van der Waals surface area contributed by atoms with E-state index in [9.17, 15) is 4.79 Å². The summed E-state index contributed by atoms with van der Waals surface area (Å²) in [6, 6.07) is 8.09. The van der Waals surface area contributed by atoms with Crippen molar-refractivity contribution in [1.82, 2.24) is 25.0 Å². The molecule has 1 fully saturated rings. The molecule has 7 nitrogen and oxygen atoms in total. The van der Waals surface area contributed by atoms with Gasteiger partial charge in [0.1, 0.15) is 0 Å². The van der Waals surface area contributed by atoms with E-state index in [1.165, 1.54) is 5.56 Å². The van der Waals surface area contributed by atoms with Crippen LogP contribution in [0.3, 0.4) is 0 Å². The summed E-state index contributed by atoms with van der Waals surface area (Å²) in [7, 11) is 4.15. The Hall–Kier alpha value is -2.00. The molecule has 0 spiro atoms. The Bertz CT molecular complexity index is 940. The number of hydrogen-bond acceptors (Lipinski definition) is 5. The molecule has 1 aliphatic rings. The van der Waals surface area contributed by atoms with Gasteiger partial charge in [0.15, 0.2) is 5.11 Å². The van der Waals surface area contributed by atoms with Gasteiger partial charge in [-0.1, -0.05) is 11.6 Å². The van der Waals surface area contributed by atoms with Crippen LogP contribution in [0, 0.1) is 6.92 Å². The van der Waals surface area contributed by atoms with Gasteiger partial charge in [-0.15, -0.1) is 0 Å². The number of thiocarbonyl (C=S) groups is 1. The molecule has 176 valence electrons. The molecule has 8 heteroatoms. The van der Waals surface area contributed by atoms with Crippen LogP contribution in [-0.2, 0) is 11.3 Å². The fraction of sp³-hybridized carbons (Fsp3) is 0.583. The summed E-state index contributed by atoms with van der Waals surface area (Å²) in [5.74, 6) is 0. The predicted octanol–water partition coefficient (Wildman–Crippen LogP) is 2.19. The molecule has 0 unspecified atom stereocenters. The molecule has 0 atom stereocenters. The fourth-order valence-corrected chi connectivity index (χ4v) is 4.22. The second-order valence-corrected chi connectivity index (χ2v) is 9.22. The van der Waals surface area contributed by atoms with Crippen molar-refractivity contribution in [2.24, 2.45) is 0 Å². The van der Waals surface area contributed by atoms with Crippen molar-refractivity contribution in [2.75, 3.05) is 66.6 Å². The SMILES string of the molecule is Cc1ccc2[nH]c(=O)c(CN(CCCN3CCOCC3)C(=S)NCCCN(C)C)cc2c1.